The van der Waals surface area contributed by atoms with Crippen LogP contribution in [0.3, 0.4) is 0 Å². The molecule has 30 heavy (non-hydrogen) atoms. The molecule has 2 amide bonds. The molecule has 1 saturated heterocycles. The second-order valence-electron chi connectivity index (χ2n) is 10.1. The number of benzene rings is 1. The average Bonchev–Trinajstić information content (AvgIpc) is 3.18. The van der Waals surface area contributed by atoms with Gasteiger partial charge in [0.2, 0.25) is 11.8 Å². The molecule has 4 bridgehead atoms. The van der Waals surface area contributed by atoms with Gasteiger partial charge in [0.05, 0.1) is 11.5 Å². The van der Waals surface area contributed by atoms with E-state index < -0.39 is 0 Å². The van der Waals surface area contributed by atoms with Crippen LogP contribution in [0.25, 0.3) is 0 Å². The number of carbonyl (C=O) groups is 2. The maximum absolute atomic E-state index is 13.5. The molecule has 0 radical (unpaired) electrons. The fourth-order valence-electron chi connectivity index (χ4n) is 6.94. The minimum atomic E-state index is -0.374. The number of amides is 2. The van der Waals surface area contributed by atoms with Gasteiger partial charge in [-0.2, -0.15) is 0 Å². The number of rotatable bonds is 6. The van der Waals surface area contributed by atoms with Crippen molar-refractivity contribution in [3.05, 3.63) is 24.3 Å². The molecule has 4 aliphatic carbocycles. The molecule has 6 rings (SSSR count). The molecule has 162 valence electrons. The van der Waals surface area contributed by atoms with Gasteiger partial charge >= 0.3 is 0 Å². The lowest BCUT2D eigenvalue weighted by Gasteiger charge is -2.61. The molecular weight excluding hydrogens is 380 g/mol. The highest BCUT2D eigenvalue weighted by Crippen LogP contribution is 2.61. The van der Waals surface area contributed by atoms with E-state index in [9.17, 15) is 9.59 Å². The molecule has 4 saturated carbocycles. The highest BCUT2D eigenvalue weighted by atomic mass is 16.5. The van der Waals surface area contributed by atoms with Gasteiger partial charge in [-0.25, -0.2) is 0 Å². The van der Waals surface area contributed by atoms with Crippen molar-refractivity contribution in [1.82, 2.24) is 5.32 Å². The maximum atomic E-state index is 13.5. The van der Waals surface area contributed by atoms with Crippen LogP contribution in [0.1, 0.15) is 58.3 Å². The molecule has 1 heterocycles. The number of ether oxygens (including phenoxy) is 2. The quantitative estimate of drug-likeness (QED) is 0.748. The van der Waals surface area contributed by atoms with Crippen LogP contribution in [0.15, 0.2) is 24.3 Å². The first-order chi connectivity index (χ1) is 14.4. The zero-order valence-electron chi connectivity index (χ0n) is 17.7. The minimum absolute atomic E-state index is 0.0172. The third-order valence-electron chi connectivity index (χ3n) is 7.54. The van der Waals surface area contributed by atoms with Crippen molar-refractivity contribution in [3.8, 4) is 5.75 Å². The number of anilines is 1. The lowest BCUT2D eigenvalue weighted by molar-refractivity contribution is -0.148. The van der Waals surface area contributed by atoms with Gasteiger partial charge in [0.25, 0.3) is 0 Å². The SMILES string of the molecule is CC(=O)NC12CC3CC(C1)CC(C(=O)Nc1cccc(OCC4CCCO4)c1)(C3)C2. The van der Waals surface area contributed by atoms with E-state index >= 15 is 0 Å². The van der Waals surface area contributed by atoms with E-state index in [1.807, 2.05) is 24.3 Å². The molecule has 0 spiro atoms. The van der Waals surface area contributed by atoms with Crippen LogP contribution in [0.2, 0.25) is 0 Å². The summed E-state index contributed by atoms with van der Waals surface area (Å²) >= 11 is 0. The maximum Gasteiger partial charge on any atom is 0.230 e. The Morgan fingerprint density at radius 3 is 2.70 bits per heavy atom. The number of carbonyl (C=O) groups excluding carboxylic acids is 2. The van der Waals surface area contributed by atoms with Crippen molar-refractivity contribution in [2.75, 3.05) is 18.5 Å². The Kier molecular flexibility index (Phi) is 5.00. The van der Waals surface area contributed by atoms with Gasteiger partial charge in [-0.3, -0.25) is 9.59 Å². The van der Waals surface area contributed by atoms with Gasteiger partial charge < -0.3 is 20.1 Å². The van der Waals surface area contributed by atoms with E-state index in [1.54, 1.807) is 6.92 Å². The van der Waals surface area contributed by atoms with E-state index in [1.165, 1.54) is 6.42 Å². The molecule has 5 aliphatic rings. The smallest absolute Gasteiger partial charge is 0.230 e. The van der Waals surface area contributed by atoms with Crippen LogP contribution in [-0.4, -0.2) is 36.7 Å². The predicted molar refractivity (Wildman–Crippen MR) is 113 cm³/mol. The predicted octanol–water partition coefficient (Wildman–Crippen LogP) is 3.66. The third-order valence-corrected chi connectivity index (χ3v) is 7.54. The van der Waals surface area contributed by atoms with Crippen LogP contribution >= 0.6 is 0 Å². The van der Waals surface area contributed by atoms with Crippen molar-refractivity contribution in [2.45, 2.75) is 69.9 Å². The van der Waals surface area contributed by atoms with Gasteiger partial charge in [-0.1, -0.05) is 6.07 Å². The molecule has 0 aromatic heterocycles. The Balaban J connectivity index is 1.28. The highest BCUT2D eigenvalue weighted by Gasteiger charge is 2.60. The Bertz CT molecular complexity index is 818. The minimum Gasteiger partial charge on any atom is -0.491 e. The Labute approximate surface area is 178 Å². The summed E-state index contributed by atoms with van der Waals surface area (Å²) < 4.78 is 11.5. The topological polar surface area (TPSA) is 76.7 Å². The molecule has 2 N–H and O–H groups in total. The number of hydrogen-bond donors (Lipinski definition) is 2. The van der Waals surface area contributed by atoms with Gasteiger partial charge in [0.1, 0.15) is 12.4 Å². The Morgan fingerprint density at radius 2 is 2.00 bits per heavy atom. The molecule has 6 nitrogen and oxygen atoms in total. The van der Waals surface area contributed by atoms with E-state index in [-0.39, 0.29) is 28.9 Å². The summed E-state index contributed by atoms with van der Waals surface area (Å²) in [5.74, 6) is 1.93. The first-order valence-corrected chi connectivity index (χ1v) is 11.4. The second-order valence-corrected chi connectivity index (χ2v) is 10.1. The number of nitrogens with one attached hydrogen (secondary N) is 2. The van der Waals surface area contributed by atoms with Crippen LogP contribution in [0.4, 0.5) is 5.69 Å². The van der Waals surface area contributed by atoms with E-state index in [0.29, 0.717) is 18.4 Å². The third kappa shape index (κ3) is 3.82. The summed E-state index contributed by atoms with van der Waals surface area (Å²) in [7, 11) is 0. The van der Waals surface area contributed by atoms with Gasteiger partial charge in [0, 0.05) is 30.8 Å². The van der Waals surface area contributed by atoms with E-state index in [4.69, 9.17) is 9.47 Å². The number of hydrogen-bond acceptors (Lipinski definition) is 4. The van der Waals surface area contributed by atoms with Gasteiger partial charge in [0.15, 0.2) is 0 Å². The van der Waals surface area contributed by atoms with Crippen molar-refractivity contribution < 1.29 is 19.1 Å². The molecule has 1 aliphatic heterocycles. The standard InChI is InChI=1S/C24H32N2O4/c1-16(27)26-24-12-17-8-18(13-24)11-23(10-17,15-24)22(28)25-19-4-2-5-20(9-19)30-14-21-6-3-7-29-21/h2,4-5,9,17-18,21H,3,6-8,10-15H2,1H3,(H,25,28)(H,26,27). The first kappa shape index (κ1) is 19.9. The summed E-state index contributed by atoms with van der Waals surface area (Å²) in [5.41, 5.74) is 0.204. The summed E-state index contributed by atoms with van der Waals surface area (Å²) in [5, 5.41) is 6.41. The summed E-state index contributed by atoms with van der Waals surface area (Å²) in [6.07, 6.45) is 8.16. The van der Waals surface area contributed by atoms with E-state index in [0.717, 1.165) is 63.0 Å². The van der Waals surface area contributed by atoms with Crippen LogP contribution in [0.5, 0.6) is 5.75 Å². The average molecular weight is 413 g/mol. The summed E-state index contributed by atoms with van der Waals surface area (Å²) in [4.78, 5) is 25.3. The monoisotopic (exact) mass is 412 g/mol. The van der Waals surface area contributed by atoms with Crippen LogP contribution in [-0.2, 0) is 14.3 Å². The largest absolute Gasteiger partial charge is 0.491 e. The molecule has 5 fully saturated rings. The van der Waals surface area contributed by atoms with E-state index in [2.05, 4.69) is 10.6 Å². The molecule has 3 atom stereocenters. The van der Waals surface area contributed by atoms with Crippen LogP contribution in [0, 0.1) is 17.3 Å². The first-order valence-electron chi connectivity index (χ1n) is 11.4. The highest BCUT2D eigenvalue weighted by molar-refractivity contribution is 5.96. The van der Waals surface area contributed by atoms with Crippen LogP contribution < -0.4 is 15.4 Å². The molecular formula is C24H32N2O4. The Morgan fingerprint density at radius 1 is 1.20 bits per heavy atom. The zero-order chi connectivity index (χ0) is 20.8. The van der Waals surface area contributed by atoms with Gasteiger partial charge in [-0.05, 0) is 75.3 Å². The molecule has 1 aromatic rings. The fourth-order valence-corrected chi connectivity index (χ4v) is 6.94. The summed E-state index contributed by atoms with van der Waals surface area (Å²) in [6, 6.07) is 7.65. The molecule has 6 heteroatoms. The zero-order valence-corrected chi connectivity index (χ0v) is 17.7. The summed E-state index contributed by atoms with van der Waals surface area (Å²) in [6.45, 7) is 2.95. The van der Waals surface area contributed by atoms with Crippen molar-refractivity contribution in [1.29, 1.82) is 0 Å². The lowest BCUT2D eigenvalue weighted by atomic mass is 9.46. The lowest BCUT2D eigenvalue weighted by Crippen LogP contribution is -2.65. The van der Waals surface area contributed by atoms with Crippen molar-refractivity contribution >= 4 is 17.5 Å². The van der Waals surface area contributed by atoms with Gasteiger partial charge in [-0.15, -0.1) is 0 Å². The van der Waals surface area contributed by atoms with Crippen molar-refractivity contribution in [2.24, 2.45) is 17.3 Å². The molecule has 1 aromatic carbocycles. The second kappa shape index (κ2) is 7.56. The fraction of sp³-hybridized carbons (Fsp3) is 0.667. The van der Waals surface area contributed by atoms with Crippen molar-refractivity contribution in [3.63, 3.8) is 0 Å². The Hall–Kier alpha value is -2.08. The molecule has 3 unspecified atom stereocenters. The normalized spacial score (nSPS) is 36.5.